The van der Waals surface area contributed by atoms with Crippen LogP contribution in [0.2, 0.25) is 0 Å². The van der Waals surface area contributed by atoms with Crippen molar-refractivity contribution in [2.45, 2.75) is 16.3 Å². The molecule has 2 N–H and O–H groups in total. The molecule has 24 heavy (non-hydrogen) atoms. The minimum atomic E-state index is -1.47. The summed E-state index contributed by atoms with van der Waals surface area (Å²) >= 11 is 0. The third-order valence-corrected chi connectivity index (χ3v) is 6.04. The van der Waals surface area contributed by atoms with Gasteiger partial charge in [-0.05, 0) is 56.1 Å². The van der Waals surface area contributed by atoms with E-state index in [1.807, 2.05) is 6.07 Å². The fourth-order valence-electron chi connectivity index (χ4n) is 2.33. The Hall–Kier alpha value is -2.03. The van der Waals surface area contributed by atoms with Crippen LogP contribution in [0.3, 0.4) is 0 Å². The number of rotatable bonds is 5. The Morgan fingerprint density at radius 3 is 2.38 bits per heavy atom. The zero-order valence-electron chi connectivity index (χ0n) is 13.2. The Morgan fingerprint density at radius 1 is 1.04 bits per heavy atom. The van der Waals surface area contributed by atoms with Crippen molar-refractivity contribution in [2.24, 2.45) is 0 Å². The van der Waals surface area contributed by atoms with Gasteiger partial charge in [-0.3, -0.25) is 4.79 Å². The van der Waals surface area contributed by atoms with Crippen LogP contribution in [0.25, 0.3) is 0 Å². The number of hydrogen-bond donors (Lipinski definition) is 2. The highest BCUT2D eigenvalue weighted by Gasteiger charge is 2.19. The SMILES string of the molecule is CN(C)S(=O)c1ccc(S(=O)Nc2ccc3c(c2)C(=O)NC3)cc1. The lowest BCUT2D eigenvalue weighted by Gasteiger charge is -2.10. The topological polar surface area (TPSA) is 78.5 Å². The molecule has 2 unspecified atom stereocenters. The maximum Gasteiger partial charge on any atom is 0.251 e. The molecule has 6 nitrogen and oxygen atoms in total. The van der Waals surface area contributed by atoms with E-state index >= 15 is 0 Å². The van der Waals surface area contributed by atoms with Gasteiger partial charge in [0, 0.05) is 17.8 Å². The molecule has 0 aliphatic carbocycles. The molecular weight excluding hydrogens is 346 g/mol. The van der Waals surface area contributed by atoms with Crippen LogP contribution < -0.4 is 10.0 Å². The van der Waals surface area contributed by atoms with E-state index < -0.39 is 22.0 Å². The van der Waals surface area contributed by atoms with Crippen molar-refractivity contribution in [3.8, 4) is 0 Å². The molecule has 2 aromatic carbocycles. The molecule has 2 aromatic rings. The van der Waals surface area contributed by atoms with Gasteiger partial charge >= 0.3 is 0 Å². The summed E-state index contributed by atoms with van der Waals surface area (Å²) in [6.07, 6.45) is 0. The van der Waals surface area contributed by atoms with Gasteiger partial charge in [-0.15, -0.1) is 0 Å². The lowest BCUT2D eigenvalue weighted by atomic mass is 10.1. The molecule has 0 saturated carbocycles. The number of carbonyl (C=O) groups is 1. The van der Waals surface area contributed by atoms with Gasteiger partial charge in [-0.1, -0.05) is 6.07 Å². The van der Waals surface area contributed by atoms with Crippen molar-refractivity contribution in [2.75, 3.05) is 18.8 Å². The largest absolute Gasteiger partial charge is 0.348 e. The molecule has 1 amide bonds. The normalized spacial score (nSPS) is 15.7. The second kappa shape index (κ2) is 6.84. The Labute approximate surface area is 145 Å². The monoisotopic (exact) mass is 363 g/mol. The first-order chi connectivity index (χ1) is 11.5. The van der Waals surface area contributed by atoms with Crippen molar-refractivity contribution in [1.82, 2.24) is 9.62 Å². The van der Waals surface area contributed by atoms with Crippen LogP contribution in [0.5, 0.6) is 0 Å². The van der Waals surface area contributed by atoms with Crippen LogP contribution in [0, 0.1) is 0 Å². The molecule has 3 rings (SSSR count). The van der Waals surface area contributed by atoms with Crippen molar-refractivity contribution < 1.29 is 13.2 Å². The van der Waals surface area contributed by atoms with Gasteiger partial charge < -0.3 is 10.0 Å². The van der Waals surface area contributed by atoms with Gasteiger partial charge in [-0.25, -0.2) is 12.7 Å². The molecule has 0 saturated heterocycles. The Bertz CT molecular complexity index is 835. The number of nitrogens with zero attached hydrogens (tertiary/aromatic N) is 1. The van der Waals surface area contributed by atoms with Gasteiger partial charge in [-0.2, -0.15) is 0 Å². The van der Waals surface area contributed by atoms with E-state index in [2.05, 4.69) is 10.0 Å². The molecule has 2 atom stereocenters. The molecule has 8 heteroatoms. The number of nitrogens with one attached hydrogen (secondary N) is 2. The van der Waals surface area contributed by atoms with Crippen LogP contribution in [-0.4, -0.2) is 32.7 Å². The molecule has 0 radical (unpaired) electrons. The quantitative estimate of drug-likeness (QED) is 0.848. The molecule has 1 aliphatic rings. The van der Waals surface area contributed by atoms with Crippen molar-refractivity contribution in [3.63, 3.8) is 0 Å². The van der Waals surface area contributed by atoms with Gasteiger partial charge in [0.25, 0.3) is 5.91 Å². The highest BCUT2D eigenvalue weighted by Crippen LogP contribution is 2.22. The van der Waals surface area contributed by atoms with E-state index in [9.17, 15) is 13.2 Å². The minimum Gasteiger partial charge on any atom is -0.348 e. The fourth-order valence-corrected chi connectivity index (χ4v) is 3.97. The highest BCUT2D eigenvalue weighted by molar-refractivity contribution is 7.86. The third kappa shape index (κ3) is 3.40. The summed E-state index contributed by atoms with van der Waals surface area (Å²) in [5, 5.41) is 2.75. The third-order valence-electron chi connectivity index (χ3n) is 3.58. The zero-order chi connectivity index (χ0) is 17.3. The van der Waals surface area contributed by atoms with Crippen molar-refractivity contribution in [3.05, 3.63) is 53.6 Å². The van der Waals surface area contributed by atoms with Crippen LogP contribution in [-0.2, 0) is 28.5 Å². The van der Waals surface area contributed by atoms with Crippen LogP contribution in [0.1, 0.15) is 15.9 Å². The van der Waals surface area contributed by atoms with Gasteiger partial charge in [0.15, 0.2) is 0 Å². The summed E-state index contributed by atoms with van der Waals surface area (Å²) in [7, 11) is 0.762. The first-order valence-electron chi connectivity index (χ1n) is 7.24. The fraction of sp³-hybridized carbons (Fsp3) is 0.188. The Balaban J connectivity index is 1.75. The lowest BCUT2D eigenvalue weighted by Crippen LogP contribution is -2.15. The summed E-state index contributed by atoms with van der Waals surface area (Å²) in [6.45, 7) is 0.530. The zero-order valence-corrected chi connectivity index (χ0v) is 14.9. The maximum atomic E-state index is 12.4. The molecule has 0 bridgehead atoms. The molecule has 0 aromatic heterocycles. The first kappa shape index (κ1) is 16.8. The summed E-state index contributed by atoms with van der Waals surface area (Å²) in [6, 6.07) is 12.1. The van der Waals surface area contributed by atoms with Gasteiger partial charge in [0.2, 0.25) is 0 Å². The van der Waals surface area contributed by atoms with E-state index in [1.165, 1.54) is 0 Å². The average Bonchev–Trinajstić information content (AvgIpc) is 2.95. The predicted molar refractivity (Wildman–Crippen MR) is 94.2 cm³/mol. The highest BCUT2D eigenvalue weighted by atomic mass is 32.2. The maximum absolute atomic E-state index is 12.4. The van der Waals surface area contributed by atoms with E-state index in [0.717, 1.165) is 5.56 Å². The number of anilines is 1. The Morgan fingerprint density at radius 2 is 1.71 bits per heavy atom. The van der Waals surface area contributed by atoms with Crippen LogP contribution in [0.15, 0.2) is 52.3 Å². The standard InChI is InChI=1S/C16H17N3O3S2/c1-19(2)24(22)14-7-5-13(6-8-14)23(21)18-12-4-3-11-10-17-16(20)15(11)9-12/h3-9,18H,10H2,1-2H3,(H,17,20). The number of amides is 1. The molecule has 0 fully saturated rings. The summed E-state index contributed by atoms with van der Waals surface area (Å²) in [5.41, 5.74) is 2.16. The molecule has 1 aliphatic heterocycles. The Kier molecular flexibility index (Phi) is 4.79. The molecule has 126 valence electrons. The predicted octanol–water partition coefficient (Wildman–Crippen LogP) is 1.65. The van der Waals surface area contributed by atoms with E-state index in [-0.39, 0.29) is 5.91 Å². The lowest BCUT2D eigenvalue weighted by molar-refractivity contribution is 0.0966. The van der Waals surface area contributed by atoms with E-state index in [4.69, 9.17) is 0 Å². The number of benzene rings is 2. The molecule has 0 spiro atoms. The minimum absolute atomic E-state index is 0.116. The van der Waals surface area contributed by atoms with E-state index in [1.54, 1.807) is 54.8 Å². The van der Waals surface area contributed by atoms with E-state index in [0.29, 0.717) is 27.6 Å². The van der Waals surface area contributed by atoms with Crippen LogP contribution in [0.4, 0.5) is 5.69 Å². The van der Waals surface area contributed by atoms with Gasteiger partial charge in [0.05, 0.1) is 9.79 Å². The summed E-state index contributed by atoms with van der Waals surface area (Å²) in [4.78, 5) is 12.9. The molecular formula is C16H17N3O3S2. The smallest absolute Gasteiger partial charge is 0.251 e. The molecule has 1 heterocycles. The summed E-state index contributed by atoms with van der Waals surface area (Å²) in [5.74, 6) is -0.116. The first-order valence-corrected chi connectivity index (χ1v) is 9.50. The summed E-state index contributed by atoms with van der Waals surface area (Å²) < 4.78 is 28.9. The van der Waals surface area contributed by atoms with Crippen molar-refractivity contribution in [1.29, 1.82) is 0 Å². The van der Waals surface area contributed by atoms with Crippen molar-refractivity contribution >= 4 is 33.6 Å². The number of fused-ring (bicyclic) bond motifs is 1. The number of carbonyl (C=O) groups excluding carboxylic acids is 1. The van der Waals surface area contributed by atoms with Crippen LogP contribution >= 0.6 is 0 Å². The van der Waals surface area contributed by atoms with Gasteiger partial charge in [0.1, 0.15) is 22.0 Å². The number of hydrogen-bond acceptors (Lipinski definition) is 3. The average molecular weight is 363 g/mol. The second-order valence-corrected chi connectivity index (χ2v) is 8.37. The second-order valence-electron chi connectivity index (χ2n) is 5.46.